The first kappa shape index (κ1) is 19.0. The fourth-order valence-corrected chi connectivity index (χ4v) is 4.82. The molecular weight excluding hydrogens is 338 g/mol. The second-order valence-electron chi connectivity index (χ2n) is 9.01. The normalized spacial score (nSPS) is 28.1. The van der Waals surface area contributed by atoms with E-state index >= 15 is 0 Å². The number of likely N-dealkylation sites (N-methyl/N-ethyl adjacent to an activating group) is 1. The number of piperazine rings is 1. The largest absolute Gasteiger partial charge is 0.465 e. The minimum atomic E-state index is 0.130. The van der Waals surface area contributed by atoms with Crippen molar-refractivity contribution in [3.63, 3.8) is 0 Å². The van der Waals surface area contributed by atoms with Crippen molar-refractivity contribution in [2.45, 2.75) is 64.0 Å². The molecule has 1 spiro atoms. The molecule has 1 amide bonds. The highest BCUT2D eigenvalue weighted by Crippen LogP contribution is 2.35. The van der Waals surface area contributed by atoms with Gasteiger partial charge in [-0.2, -0.15) is 0 Å². The van der Waals surface area contributed by atoms with Crippen molar-refractivity contribution >= 4 is 5.91 Å². The maximum atomic E-state index is 12.6. The summed E-state index contributed by atoms with van der Waals surface area (Å²) in [4.78, 5) is 19.8. The third-order valence-electron chi connectivity index (χ3n) is 6.85. The molecule has 1 atom stereocenters. The molecule has 0 bridgehead atoms. The van der Waals surface area contributed by atoms with Gasteiger partial charge in [-0.05, 0) is 57.2 Å². The smallest absolute Gasteiger partial charge is 0.222 e. The van der Waals surface area contributed by atoms with Gasteiger partial charge in [-0.15, -0.1) is 0 Å². The van der Waals surface area contributed by atoms with Crippen molar-refractivity contribution in [2.75, 3.05) is 39.8 Å². The van der Waals surface area contributed by atoms with E-state index in [1.54, 1.807) is 0 Å². The van der Waals surface area contributed by atoms with Gasteiger partial charge in [-0.25, -0.2) is 0 Å². The Balaban J connectivity index is 1.40. The highest BCUT2D eigenvalue weighted by atomic mass is 16.3. The molecule has 27 heavy (non-hydrogen) atoms. The standard InChI is InChI=1S/C22H35N3O2/c1-3-4-19-7-8-20(27-19)16-24-14-13-23(2)22(17-24)10-9-21(26)25(12-11-22)15-18-5-6-18/h7-8,18H,3-6,9-17H2,1-2H3/t22-/m0/s1. The molecule has 1 aromatic heterocycles. The Morgan fingerprint density at radius 3 is 2.74 bits per heavy atom. The van der Waals surface area contributed by atoms with Gasteiger partial charge >= 0.3 is 0 Å². The van der Waals surface area contributed by atoms with E-state index in [0.717, 1.165) is 82.4 Å². The Morgan fingerprint density at radius 2 is 1.96 bits per heavy atom. The molecule has 0 N–H and O–H groups in total. The molecule has 5 heteroatoms. The zero-order valence-electron chi connectivity index (χ0n) is 17.1. The third-order valence-corrected chi connectivity index (χ3v) is 6.85. The maximum Gasteiger partial charge on any atom is 0.222 e. The number of rotatable bonds is 6. The van der Waals surface area contributed by atoms with Gasteiger partial charge in [0.15, 0.2) is 0 Å². The minimum Gasteiger partial charge on any atom is -0.465 e. The molecule has 4 rings (SSSR count). The molecule has 1 aliphatic carbocycles. The molecule has 2 aliphatic heterocycles. The number of carbonyl (C=O) groups is 1. The van der Waals surface area contributed by atoms with Crippen LogP contribution in [0.4, 0.5) is 0 Å². The lowest BCUT2D eigenvalue weighted by atomic mass is 9.86. The number of furan rings is 1. The number of nitrogens with zero attached hydrogens (tertiary/aromatic N) is 3. The fourth-order valence-electron chi connectivity index (χ4n) is 4.82. The third kappa shape index (κ3) is 4.40. The van der Waals surface area contributed by atoms with E-state index in [4.69, 9.17) is 4.42 Å². The van der Waals surface area contributed by atoms with E-state index in [0.29, 0.717) is 12.3 Å². The zero-order chi connectivity index (χ0) is 18.9. The van der Waals surface area contributed by atoms with E-state index < -0.39 is 0 Å². The van der Waals surface area contributed by atoms with Crippen molar-refractivity contribution in [1.82, 2.24) is 14.7 Å². The number of likely N-dealkylation sites (tertiary alicyclic amines) is 1. The average Bonchev–Trinajstić information content (AvgIpc) is 3.40. The Labute approximate surface area is 163 Å². The van der Waals surface area contributed by atoms with E-state index in [-0.39, 0.29) is 5.54 Å². The minimum absolute atomic E-state index is 0.130. The summed E-state index contributed by atoms with van der Waals surface area (Å²) in [5.41, 5.74) is 0.130. The fraction of sp³-hybridized carbons (Fsp3) is 0.773. The number of aryl methyl sites for hydroxylation is 1. The summed E-state index contributed by atoms with van der Waals surface area (Å²) >= 11 is 0. The van der Waals surface area contributed by atoms with Crippen molar-refractivity contribution < 1.29 is 9.21 Å². The van der Waals surface area contributed by atoms with E-state index in [1.165, 1.54) is 12.8 Å². The lowest BCUT2D eigenvalue weighted by Gasteiger charge is -2.49. The van der Waals surface area contributed by atoms with Crippen molar-refractivity contribution in [1.29, 1.82) is 0 Å². The SMILES string of the molecule is CCCc1ccc(CN2CCN(C)[C@]3(CCC(=O)N(CC4CC4)CC3)C2)o1. The zero-order valence-corrected chi connectivity index (χ0v) is 17.1. The Morgan fingerprint density at radius 1 is 1.15 bits per heavy atom. The molecule has 1 aromatic rings. The summed E-state index contributed by atoms with van der Waals surface area (Å²) in [7, 11) is 2.25. The maximum absolute atomic E-state index is 12.6. The highest BCUT2D eigenvalue weighted by molar-refractivity contribution is 5.76. The Kier molecular flexibility index (Phi) is 5.60. The van der Waals surface area contributed by atoms with Gasteiger partial charge in [0.2, 0.25) is 5.91 Å². The van der Waals surface area contributed by atoms with Gasteiger partial charge in [0, 0.05) is 51.1 Å². The second kappa shape index (κ2) is 7.96. The van der Waals surface area contributed by atoms with Crippen LogP contribution in [0.25, 0.3) is 0 Å². The molecule has 3 aliphatic rings. The molecule has 2 saturated heterocycles. The molecule has 0 radical (unpaired) electrons. The van der Waals surface area contributed by atoms with E-state index in [9.17, 15) is 4.79 Å². The highest BCUT2D eigenvalue weighted by Gasteiger charge is 2.42. The van der Waals surface area contributed by atoms with Crippen LogP contribution in [0, 0.1) is 5.92 Å². The lowest BCUT2D eigenvalue weighted by molar-refractivity contribution is -0.131. The van der Waals surface area contributed by atoms with E-state index in [1.807, 2.05) is 0 Å². The molecule has 150 valence electrons. The van der Waals surface area contributed by atoms with Crippen LogP contribution < -0.4 is 0 Å². The topological polar surface area (TPSA) is 39.9 Å². The summed E-state index contributed by atoms with van der Waals surface area (Å²) in [5.74, 6) is 3.34. The molecule has 3 fully saturated rings. The van der Waals surface area contributed by atoms with Gasteiger partial charge < -0.3 is 9.32 Å². The van der Waals surface area contributed by atoms with Gasteiger partial charge in [0.1, 0.15) is 11.5 Å². The average molecular weight is 374 g/mol. The van der Waals surface area contributed by atoms with Crippen LogP contribution in [0.3, 0.4) is 0 Å². The second-order valence-corrected chi connectivity index (χ2v) is 9.01. The summed E-state index contributed by atoms with van der Waals surface area (Å²) < 4.78 is 6.02. The summed E-state index contributed by atoms with van der Waals surface area (Å²) in [6.07, 6.45) is 7.54. The molecule has 0 aromatic carbocycles. The summed E-state index contributed by atoms with van der Waals surface area (Å²) in [5, 5.41) is 0. The number of hydrogen-bond acceptors (Lipinski definition) is 4. The van der Waals surface area contributed by atoms with Crippen LogP contribution >= 0.6 is 0 Å². The molecule has 5 nitrogen and oxygen atoms in total. The number of amides is 1. The predicted octanol–water partition coefficient (Wildman–Crippen LogP) is 3.14. The quantitative estimate of drug-likeness (QED) is 0.768. The monoisotopic (exact) mass is 373 g/mol. The van der Waals surface area contributed by atoms with Crippen LogP contribution in [0.1, 0.15) is 57.0 Å². The van der Waals surface area contributed by atoms with Crippen LogP contribution in [-0.4, -0.2) is 65.9 Å². The Bertz CT molecular complexity index is 654. The van der Waals surface area contributed by atoms with E-state index in [2.05, 4.69) is 40.8 Å². The van der Waals surface area contributed by atoms with Gasteiger partial charge in [-0.1, -0.05) is 6.92 Å². The lowest BCUT2D eigenvalue weighted by Crippen LogP contribution is -2.60. The van der Waals surface area contributed by atoms with Gasteiger partial charge in [0.05, 0.1) is 6.54 Å². The van der Waals surface area contributed by atoms with Crippen LogP contribution in [0.15, 0.2) is 16.5 Å². The van der Waals surface area contributed by atoms with Crippen LogP contribution in [0.5, 0.6) is 0 Å². The molecule has 0 unspecified atom stereocenters. The summed E-state index contributed by atoms with van der Waals surface area (Å²) in [6.45, 7) is 8.17. The van der Waals surface area contributed by atoms with Crippen LogP contribution in [0.2, 0.25) is 0 Å². The number of hydrogen-bond donors (Lipinski definition) is 0. The first-order chi connectivity index (χ1) is 13.1. The first-order valence-corrected chi connectivity index (χ1v) is 10.9. The molecule has 1 saturated carbocycles. The number of carbonyl (C=O) groups excluding carboxylic acids is 1. The van der Waals surface area contributed by atoms with Crippen molar-refractivity contribution in [3.8, 4) is 0 Å². The van der Waals surface area contributed by atoms with Crippen molar-refractivity contribution in [2.24, 2.45) is 5.92 Å². The summed E-state index contributed by atoms with van der Waals surface area (Å²) in [6, 6.07) is 4.27. The van der Waals surface area contributed by atoms with Crippen molar-refractivity contribution in [3.05, 3.63) is 23.7 Å². The molecule has 3 heterocycles. The van der Waals surface area contributed by atoms with Gasteiger partial charge in [0.25, 0.3) is 0 Å². The van der Waals surface area contributed by atoms with Gasteiger partial charge in [-0.3, -0.25) is 14.6 Å². The first-order valence-electron chi connectivity index (χ1n) is 10.9. The Hall–Kier alpha value is -1.33. The molecular formula is C22H35N3O2. The predicted molar refractivity (Wildman–Crippen MR) is 106 cm³/mol. The van der Waals surface area contributed by atoms with Crippen LogP contribution in [-0.2, 0) is 17.8 Å².